The molecule has 0 spiro atoms. The topological polar surface area (TPSA) is 172 Å². The molecule has 0 saturated heterocycles. The smallest absolute Gasteiger partial charge is 0.329 e. The van der Waals surface area contributed by atoms with Gasteiger partial charge in [0, 0.05) is 11.1 Å². The van der Waals surface area contributed by atoms with Gasteiger partial charge < -0.3 is 28.4 Å². The van der Waals surface area contributed by atoms with Gasteiger partial charge in [0.05, 0.1) is 39.6 Å². The van der Waals surface area contributed by atoms with Crippen molar-refractivity contribution < 1.29 is 47.6 Å². The Morgan fingerprint density at radius 3 is 0.773 bits per heavy atom. The van der Waals surface area contributed by atoms with Crippen LogP contribution in [0.3, 0.4) is 0 Å². The van der Waals surface area contributed by atoms with Crippen molar-refractivity contribution in [2.24, 2.45) is 0 Å². The van der Waals surface area contributed by atoms with E-state index in [1.54, 1.807) is 24.3 Å². The van der Waals surface area contributed by atoms with Gasteiger partial charge in [0.2, 0.25) is 11.5 Å². The van der Waals surface area contributed by atoms with Gasteiger partial charge in [-0.1, -0.05) is 157 Å². The summed E-state index contributed by atoms with van der Waals surface area (Å²) in [5, 5.41) is 0. The first-order valence-electron chi connectivity index (χ1n) is 25.6. The molecule has 0 radical (unpaired) electrons. The van der Waals surface area contributed by atoms with E-state index in [-0.39, 0.29) is 11.1 Å². The van der Waals surface area contributed by atoms with E-state index in [0.29, 0.717) is 74.1 Å². The fourth-order valence-corrected chi connectivity index (χ4v) is 6.86. The van der Waals surface area contributed by atoms with E-state index in [1.807, 2.05) is 0 Å². The molecular formula is C52H86N4O10. The zero-order valence-corrected chi connectivity index (χ0v) is 41.6. The predicted molar refractivity (Wildman–Crippen MR) is 262 cm³/mol. The van der Waals surface area contributed by atoms with Gasteiger partial charge in [-0.3, -0.25) is 40.9 Å². The lowest BCUT2D eigenvalue weighted by atomic mass is 10.1. The molecule has 2 aromatic carbocycles. The molecule has 0 aliphatic carbocycles. The van der Waals surface area contributed by atoms with Crippen molar-refractivity contribution in [3.05, 3.63) is 35.4 Å². The molecular weight excluding hydrogens is 841 g/mol. The second kappa shape index (κ2) is 37.2. The van der Waals surface area contributed by atoms with Crippen LogP contribution in [0.1, 0.15) is 216 Å². The Balaban J connectivity index is 2.25. The molecule has 0 unspecified atom stereocenters. The van der Waals surface area contributed by atoms with Crippen molar-refractivity contribution in [2.45, 2.75) is 196 Å². The summed E-state index contributed by atoms with van der Waals surface area (Å²) in [4.78, 5) is 53.0. The Morgan fingerprint density at radius 1 is 0.318 bits per heavy atom. The molecule has 0 atom stereocenters. The highest BCUT2D eigenvalue weighted by molar-refractivity contribution is 6.35. The van der Waals surface area contributed by atoms with Crippen LogP contribution in [0.2, 0.25) is 0 Å². The number of unbranched alkanes of at least 4 members (excludes halogenated alkanes) is 18. The average Bonchev–Trinajstić information content (AvgIpc) is 3.32. The lowest BCUT2D eigenvalue weighted by molar-refractivity contribution is -0.140. The van der Waals surface area contributed by atoms with Gasteiger partial charge >= 0.3 is 11.8 Å². The molecule has 66 heavy (non-hydrogen) atoms. The number of rotatable bonds is 38. The van der Waals surface area contributed by atoms with Crippen molar-refractivity contribution >= 4 is 23.6 Å². The number of carbonyl (C=O) groups is 4. The summed E-state index contributed by atoms with van der Waals surface area (Å²) >= 11 is 0. The summed E-state index contributed by atoms with van der Waals surface area (Å²) in [5.41, 5.74) is 9.18. The second-order valence-corrected chi connectivity index (χ2v) is 16.9. The molecule has 4 N–H and O–H groups in total. The van der Waals surface area contributed by atoms with Crippen molar-refractivity contribution in [1.29, 1.82) is 0 Å². The van der Waals surface area contributed by atoms with E-state index in [9.17, 15) is 19.2 Å². The summed E-state index contributed by atoms with van der Waals surface area (Å²) in [6.07, 6.45) is 24.2. The second-order valence-electron chi connectivity index (χ2n) is 16.9. The molecule has 2 rings (SSSR count). The van der Waals surface area contributed by atoms with E-state index < -0.39 is 23.6 Å². The summed E-state index contributed by atoms with van der Waals surface area (Å²) in [6.45, 7) is 15.5. The van der Waals surface area contributed by atoms with Crippen LogP contribution in [-0.4, -0.2) is 63.3 Å². The van der Waals surface area contributed by atoms with Crippen LogP contribution < -0.4 is 50.1 Å². The number of amides is 4. The Kier molecular flexibility index (Phi) is 32.3. The molecule has 0 aliphatic heterocycles. The highest BCUT2D eigenvalue weighted by Gasteiger charge is 2.23. The largest absolute Gasteiger partial charge is 0.490 e. The van der Waals surface area contributed by atoms with Gasteiger partial charge in [0.25, 0.3) is 11.8 Å². The highest BCUT2D eigenvalue weighted by atomic mass is 16.5. The molecule has 14 heteroatoms. The molecule has 0 heterocycles. The van der Waals surface area contributed by atoms with Gasteiger partial charge in [-0.05, 0) is 62.8 Å². The van der Waals surface area contributed by atoms with Gasteiger partial charge in [0.1, 0.15) is 0 Å². The maximum absolute atomic E-state index is 13.5. The SMILES string of the molecule is CCCCCCOc1cc(C(=O)NNC(=O)C(=O)NNC(=O)c2cc(OCCCCCC)c(OCCCCCC)c(OCCCCCC)c2)cc(OCCCCCC)c1OCCCCCC. The van der Waals surface area contributed by atoms with Crippen LogP contribution in [0.25, 0.3) is 0 Å². The molecule has 374 valence electrons. The van der Waals surface area contributed by atoms with Crippen LogP contribution in [-0.2, 0) is 9.59 Å². The van der Waals surface area contributed by atoms with Crippen LogP contribution in [0.5, 0.6) is 34.5 Å². The van der Waals surface area contributed by atoms with Crippen molar-refractivity contribution in [3.63, 3.8) is 0 Å². The molecule has 4 amide bonds. The number of hydrogen-bond donors (Lipinski definition) is 4. The number of carbonyl (C=O) groups excluding carboxylic acids is 4. The minimum Gasteiger partial charge on any atom is -0.490 e. The maximum Gasteiger partial charge on any atom is 0.329 e. The summed E-state index contributed by atoms with van der Waals surface area (Å²) in [5.74, 6) is -1.50. The summed E-state index contributed by atoms with van der Waals surface area (Å²) in [6, 6.07) is 6.23. The third kappa shape index (κ3) is 24.1. The Morgan fingerprint density at radius 2 is 0.545 bits per heavy atom. The Hall–Kier alpha value is -4.88. The van der Waals surface area contributed by atoms with Crippen molar-refractivity contribution in [2.75, 3.05) is 39.6 Å². The van der Waals surface area contributed by atoms with Crippen LogP contribution in [0, 0.1) is 0 Å². The zero-order chi connectivity index (χ0) is 48.0. The zero-order valence-electron chi connectivity index (χ0n) is 41.6. The van der Waals surface area contributed by atoms with E-state index in [4.69, 9.17) is 28.4 Å². The van der Waals surface area contributed by atoms with Crippen LogP contribution in [0.4, 0.5) is 0 Å². The lowest BCUT2D eigenvalue weighted by Gasteiger charge is -2.19. The quantitative estimate of drug-likeness (QED) is 0.0288. The highest BCUT2D eigenvalue weighted by Crippen LogP contribution is 2.41. The van der Waals surface area contributed by atoms with E-state index in [1.165, 1.54) is 0 Å². The average molecular weight is 927 g/mol. The first kappa shape index (κ1) is 57.2. The molecule has 14 nitrogen and oxygen atoms in total. The fraction of sp³-hybridized carbons (Fsp3) is 0.692. The number of nitrogens with one attached hydrogen (secondary N) is 4. The first-order valence-corrected chi connectivity index (χ1v) is 25.6. The molecule has 0 bridgehead atoms. The summed E-state index contributed by atoms with van der Waals surface area (Å²) < 4.78 is 37.4. The monoisotopic (exact) mass is 927 g/mol. The molecule has 2 aromatic rings. The van der Waals surface area contributed by atoms with Gasteiger partial charge in [0.15, 0.2) is 23.0 Å². The maximum atomic E-state index is 13.5. The van der Waals surface area contributed by atoms with E-state index >= 15 is 0 Å². The van der Waals surface area contributed by atoms with Gasteiger partial charge in [-0.15, -0.1) is 0 Å². The van der Waals surface area contributed by atoms with Gasteiger partial charge in [-0.2, -0.15) is 0 Å². The molecule has 0 aliphatic rings. The predicted octanol–water partition coefficient (Wildman–Crippen LogP) is 11.7. The molecule has 0 fully saturated rings. The number of benzene rings is 2. The fourth-order valence-electron chi connectivity index (χ4n) is 6.86. The molecule has 0 aromatic heterocycles. The number of hydrogen-bond acceptors (Lipinski definition) is 10. The Bertz CT molecular complexity index is 1470. The third-order valence-corrected chi connectivity index (χ3v) is 10.9. The van der Waals surface area contributed by atoms with Gasteiger partial charge in [-0.25, -0.2) is 0 Å². The third-order valence-electron chi connectivity index (χ3n) is 10.9. The standard InChI is InChI=1S/C52H86N4O10/c1-7-13-19-25-31-61-43-37-41(38-44(62-32-26-20-14-8-2)47(43)65-35-29-23-17-11-5)49(57)53-55-51(59)52(60)56-54-50(58)42-39-45(63-33-27-21-15-9-3)48(66-36-30-24-18-12-6)46(40-42)64-34-28-22-16-10-4/h37-40H,7-36H2,1-6H3,(H,53,57)(H,54,58)(H,55,59)(H,56,60). The number of ether oxygens (including phenoxy) is 6. The van der Waals surface area contributed by atoms with Crippen LogP contribution >= 0.6 is 0 Å². The Labute approximate surface area is 397 Å². The normalized spacial score (nSPS) is 10.8. The summed E-state index contributed by atoms with van der Waals surface area (Å²) in [7, 11) is 0. The minimum atomic E-state index is -1.21. The van der Waals surface area contributed by atoms with Crippen molar-refractivity contribution in [1.82, 2.24) is 21.7 Å². The van der Waals surface area contributed by atoms with E-state index in [0.717, 1.165) is 154 Å². The van der Waals surface area contributed by atoms with E-state index in [2.05, 4.69) is 63.2 Å². The lowest BCUT2D eigenvalue weighted by Crippen LogP contribution is -2.52. The van der Waals surface area contributed by atoms with Crippen LogP contribution in [0.15, 0.2) is 24.3 Å². The first-order chi connectivity index (χ1) is 32.2. The minimum absolute atomic E-state index is 0.134. The number of hydrazine groups is 2. The van der Waals surface area contributed by atoms with Crippen molar-refractivity contribution in [3.8, 4) is 34.5 Å². The molecule has 0 saturated carbocycles.